The second kappa shape index (κ2) is 12.4. The van der Waals surface area contributed by atoms with Gasteiger partial charge in [0, 0.05) is 29.4 Å². The van der Waals surface area contributed by atoms with Crippen molar-refractivity contribution in [3.8, 4) is 17.0 Å². The summed E-state index contributed by atoms with van der Waals surface area (Å²) in [4.78, 5) is 11.8. The lowest BCUT2D eigenvalue weighted by atomic mass is 10.1. The Morgan fingerprint density at radius 2 is 1.76 bits per heavy atom. The van der Waals surface area contributed by atoms with E-state index < -0.39 is 15.9 Å². The summed E-state index contributed by atoms with van der Waals surface area (Å²) in [6.45, 7) is 6.65. The first kappa shape index (κ1) is 26.4. The highest BCUT2D eigenvalue weighted by Gasteiger charge is 2.13. The number of aryl methyl sites for hydroxylation is 1. The zero-order chi connectivity index (χ0) is 24.4. The Morgan fingerprint density at radius 3 is 2.27 bits per heavy atom. The Kier molecular flexibility index (Phi) is 9.90. The number of hydrogen-bond donors (Lipinski definition) is 2. The Bertz CT molecular complexity index is 1160. The topological polar surface area (TPSA) is 102 Å². The smallest absolute Gasteiger partial charge is 0.264 e. The Hall–Kier alpha value is -2.88. The van der Waals surface area contributed by atoms with Crippen molar-refractivity contribution >= 4 is 27.5 Å². The summed E-state index contributed by atoms with van der Waals surface area (Å²) in [6, 6.07) is 13.7. The Labute approximate surface area is 200 Å². The van der Waals surface area contributed by atoms with Gasteiger partial charge in [-0.1, -0.05) is 37.6 Å². The molecule has 3 rings (SSSR count). The molecule has 1 heterocycles. The largest absolute Gasteiger partial charge is 0.488 e. The number of nitrogens with zero attached hydrogens (tertiary/aromatic N) is 2. The zero-order valence-electron chi connectivity index (χ0n) is 19.1. The average molecular weight is 493 g/mol. The fourth-order valence-corrected chi connectivity index (χ4v) is 3.48. The van der Waals surface area contributed by atoms with E-state index in [0.717, 1.165) is 36.2 Å². The number of rotatable bonds is 8. The van der Waals surface area contributed by atoms with Crippen LogP contribution in [0.25, 0.3) is 11.3 Å². The molecule has 0 aliphatic rings. The molecule has 0 radical (unpaired) electrons. The first-order chi connectivity index (χ1) is 15.6. The number of sulfonamides is 1. The first-order valence-electron chi connectivity index (χ1n) is 10.4. The standard InChI is InChI=1S/C19H18ClN3O4S.C4H11N/c1-23-17(9-10-21-23)16-11-15(20)7-8-18(16)27-12-13-3-5-14(6-4-13)19(24)22-28(2,25)26;1-3-5-4-2/h3-11H,12H2,1-2H3,(H,22,24);5H,3-4H2,1-2H3. The van der Waals surface area contributed by atoms with E-state index in [1.807, 2.05) is 23.9 Å². The number of benzene rings is 2. The van der Waals surface area contributed by atoms with Crippen LogP contribution in [0.5, 0.6) is 5.75 Å². The highest BCUT2D eigenvalue weighted by atomic mass is 35.5. The van der Waals surface area contributed by atoms with Crippen LogP contribution in [0, 0.1) is 0 Å². The summed E-state index contributed by atoms with van der Waals surface area (Å²) in [7, 11) is -1.77. The maximum atomic E-state index is 11.8. The van der Waals surface area contributed by atoms with Crippen LogP contribution in [-0.4, -0.2) is 43.5 Å². The first-order valence-corrected chi connectivity index (χ1v) is 12.6. The molecule has 1 aromatic heterocycles. The van der Waals surface area contributed by atoms with Crippen molar-refractivity contribution in [3.05, 3.63) is 70.9 Å². The van der Waals surface area contributed by atoms with Gasteiger partial charge in [0.15, 0.2) is 0 Å². The van der Waals surface area contributed by atoms with Crippen LogP contribution in [0.4, 0.5) is 0 Å². The van der Waals surface area contributed by atoms with E-state index in [0.29, 0.717) is 10.8 Å². The minimum absolute atomic E-state index is 0.247. The van der Waals surface area contributed by atoms with Gasteiger partial charge in [-0.05, 0) is 55.1 Å². The Balaban J connectivity index is 0.000000696. The lowest BCUT2D eigenvalue weighted by Crippen LogP contribution is -2.29. The molecule has 10 heteroatoms. The van der Waals surface area contributed by atoms with E-state index in [4.69, 9.17) is 16.3 Å². The minimum Gasteiger partial charge on any atom is -0.488 e. The predicted molar refractivity (Wildman–Crippen MR) is 131 cm³/mol. The maximum Gasteiger partial charge on any atom is 0.264 e. The monoisotopic (exact) mass is 492 g/mol. The quantitative estimate of drug-likeness (QED) is 0.498. The molecular formula is C23H29ClN4O4S. The molecule has 1 amide bonds. The summed E-state index contributed by atoms with van der Waals surface area (Å²) in [5.41, 5.74) is 2.75. The van der Waals surface area contributed by atoms with E-state index in [1.165, 1.54) is 0 Å². The molecule has 2 aromatic carbocycles. The van der Waals surface area contributed by atoms with Gasteiger partial charge in [-0.2, -0.15) is 5.10 Å². The van der Waals surface area contributed by atoms with Crippen molar-refractivity contribution in [2.24, 2.45) is 7.05 Å². The van der Waals surface area contributed by atoms with Gasteiger partial charge in [0.2, 0.25) is 10.0 Å². The van der Waals surface area contributed by atoms with Crippen molar-refractivity contribution in [2.45, 2.75) is 20.5 Å². The molecule has 8 nitrogen and oxygen atoms in total. The van der Waals surface area contributed by atoms with Crippen molar-refractivity contribution < 1.29 is 17.9 Å². The molecule has 0 saturated carbocycles. The Morgan fingerprint density at radius 1 is 1.09 bits per heavy atom. The van der Waals surface area contributed by atoms with E-state index in [1.54, 1.807) is 47.3 Å². The average Bonchev–Trinajstić information content (AvgIpc) is 3.18. The van der Waals surface area contributed by atoms with E-state index in [9.17, 15) is 13.2 Å². The summed E-state index contributed by atoms with van der Waals surface area (Å²) < 4.78 is 31.9. The van der Waals surface area contributed by atoms with Gasteiger partial charge in [0.25, 0.3) is 5.91 Å². The lowest BCUT2D eigenvalue weighted by molar-refractivity contribution is 0.0981. The normalized spacial score (nSPS) is 10.8. The number of carbonyl (C=O) groups is 1. The number of aromatic nitrogens is 2. The molecule has 0 fully saturated rings. The number of hydrogen-bond acceptors (Lipinski definition) is 6. The fraction of sp³-hybridized carbons (Fsp3) is 0.304. The van der Waals surface area contributed by atoms with Gasteiger partial charge in [-0.3, -0.25) is 9.48 Å². The molecule has 2 N–H and O–H groups in total. The van der Waals surface area contributed by atoms with Gasteiger partial charge < -0.3 is 10.1 Å². The minimum atomic E-state index is -3.60. The second-order valence-corrected chi connectivity index (χ2v) is 9.31. The highest BCUT2D eigenvalue weighted by Crippen LogP contribution is 2.32. The third kappa shape index (κ3) is 8.53. The molecule has 0 bridgehead atoms. The van der Waals surface area contributed by atoms with Crippen molar-refractivity contribution in [1.82, 2.24) is 19.8 Å². The van der Waals surface area contributed by atoms with Crippen LogP contribution < -0.4 is 14.8 Å². The molecule has 0 spiro atoms. The highest BCUT2D eigenvalue weighted by molar-refractivity contribution is 7.89. The van der Waals surface area contributed by atoms with Crippen LogP contribution in [0.2, 0.25) is 5.02 Å². The summed E-state index contributed by atoms with van der Waals surface area (Å²) in [5, 5.41) is 7.87. The molecule has 0 aliphatic carbocycles. The molecule has 0 aliphatic heterocycles. The third-order valence-electron chi connectivity index (χ3n) is 4.43. The molecular weight excluding hydrogens is 464 g/mol. The third-order valence-corrected chi connectivity index (χ3v) is 5.22. The second-order valence-electron chi connectivity index (χ2n) is 7.13. The zero-order valence-corrected chi connectivity index (χ0v) is 20.7. The predicted octanol–water partition coefficient (Wildman–Crippen LogP) is 3.62. The number of carbonyl (C=O) groups excluding carboxylic acids is 1. The number of halogens is 1. The molecule has 33 heavy (non-hydrogen) atoms. The lowest BCUT2D eigenvalue weighted by Gasteiger charge is -2.13. The van der Waals surface area contributed by atoms with Crippen molar-refractivity contribution in [3.63, 3.8) is 0 Å². The fourth-order valence-electron chi connectivity index (χ4n) is 2.86. The van der Waals surface area contributed by atoms with E-state index in [-0.39, 0.29) is 12.2 Å². The van der Waals surface area contributed by atoms with Gasteiger partial charge in [-0.25, -0.2) is 13.1 Å². The van der Waals surface area contributed by atoms with Crippen LogP contribution in [0.1, 0.15) is 29.8 Å². The van der Waals surface area contributed by atoms with Crippen LogP contribution in [0.3, 0.4) is 0 Å². The van der Waals surface area contributed by atoms with Gasteiger partial charge in [0.1, 0.15) is 12.4 Å². The molecule has 0 atom stereocenters. The van der Waals surface area contributed by atoms with Crippen molar-refractivity contribution in [2.75, 3.05) is 19.3 Å². The van der Waals surface area contributed by atoms with Crippen molar-refractivity contribution in [1.29, 1.82) is 0 Å². The summed E-state index contributed by atoms with van der Waals surface area (Å²) in [6.07, 6.45) is 2.62. The number of ether oxygens (including phenoxy) is 1. The summed E-state index contributed by atoms with van der Waals surface area (Å²) in [5.74, 6) is -0.0296. The summed E-state index contributed by atoms with van der Waals surface area (Å²) >= 11 is 6.13. The number of nitrogens with one attached hydrogen (secondary N) is 2. The molecule has 3 aromatic rings. The molecule has 0 saturated heterocycles. The van der Waals surface area contributed by atoms with E-state index in [2.05, 4.69) is 24.3 Å². The van der Waals surface area contributed by atoms with Crippen LogP contribution >= 0.6 is 11.6 Å². The molecule has 178 valence electrons. The van der Waals surface area contributed by atoms with Gasteiger partial charge in [-0.15, -0.1) is 0 Å². The van der Waals surface area contributed by atoms with Crippen LogP contribution in [0.15, 0.2) is 54.7 Å². The van der Waals surface area contributed by atoms with Gasteiger partial charge in [0.05, 0.1) is 11.9 Å². The SMILES string of the molecule is CCNCC.Cn1nccc1-c1cc(Cl)ccc1OCc1ccc(C(=O)NS(C)(=O)=O)cc1. The van der Waals surface area contributed by atoms with Crippen LogP contribution in [-0.2, 0) is 23.7 Å². The van der Waals surface area contributed by atoms with Gasteiger partial charge >= 0.3 is 0 Å². The number of amides is 1. The maximum absolute atomic E-state index is 11.8. The molecule has 0 unspecified atom stereocenters. The van der Waals surface area contributed by atoms with E-state index >= 15 is 0 Å².